The van der Waals surface area contributed by atoms with E-state index in [1.54, 1.807) is 24.3 Å². The van der Waals surface area contributed by atoms with Gasteiger partial charge in [-0.15, -0.1) is 11.8 Å². The number of anilines is 1. The highest BCUT2D eigenvalue weighted by Crippen LogP contribution is 2.29. The molecule has 2 amide bonds. The lowest BCUT2D eigenvalue weighted by molar-refractivity contribution is -0.140. The summed E-state index contributed by atoms with van der Waals surface area (Å²) in [7, 11) is 1.33. The van der Waals surface area contributed by atoms with Crippen molar-refractivity contribution < 1.29 is 19.1 Å². The van der Waals surface area contributed by atoms with Crippen LogP contribution in [-0.4, -0.2) is 35.9 Å². The molecule has 6 heteroatoms. The molecule has 1 aliphatic rings. The SMILES string of the molecule is COC(=O)CCSC1CC(=O)N(c2ccccc2)C1=O. The van der Waals surface area contributed by atoms with Gasteiger partial charge < -0.3 is 4.74 Å². The molecule has 1 aliphatic heterocycles. The van der Waals surface area contributed by atoms with Crippen molar-refractivity contribution in [2.75, 3.05) is 17.8 Å². The molecule has 0 N–H and O–H groups in total. The highest BCUT2D eigenvalue weighted by atomic mass is 32.2. The van der Waals surface area contributed by atoms with Crippen LogP contribution in [0.3, 0.4) is 0 Å². The first-order chi connectivity index (χ1) is 9.63. The zero-order chi connectivity index (χ0) is 14.5. The van der Waals surface area contributed by atoms with Gasteiger partial charge in [0.2, 0.25) is 11.8 Å². The number of carbonyl (C=O) groups is 3. The second-order valence-electron chi connectivity index (χ2n) is 4.29. The van der Waals surface area contributed by atoms with Crippen molar-refractivity contribution in [1.29, 1.82) is 0 Å². The molecule has 0 radical (unpaired) electrons. The molecular formula is C14H15NO4S. The number of amides is 2. The standard InChI is InChI=1S/C14H15NO4S/c1-19-13(17)7-8-20-11-9-12(16)15(14(11)18)10-5-3-2-4-6-10/h2-6,11H,7-9H2,1H3. The van der Waals surface area contributed by atoms with Crippen LogP contribution in [0.5, 0.6) is 0 Å². The van der Waals surface area contributed by atoms with Gasteiger partial charge in [0.15, 0.2) is 0 Å². The predicted octanol–water partition coefficient (Wildman–Crippen LogP) is 1.61. The van der Waals surface area contributed by atoms with Crippen LogP contribution in [0.2, 0.25) is 0 Å². The number of nitrogens with zero attached hydrogens (tertiary/aromatic N) is 1. The number of esters is 1. The average Bonchev–Trinajstić information content (AvgIpc) is 2.74. The Kier molecular flexibility index (Phi) is 4.79. The Morgan fingerprint density at radius 3 is 2.70 bits per heavy atom. The maximum Gasteiger partial charge on any atom is 0.306 e. The van der Waals surface area contributed by atoms with E-state index >= 15 is 0 Å². The van der Waals surface area contributed by atoms with Gasteiger partial charge >= 0.3 is 5.97 Å². The zero-order valence-electron chi connectivity index (χ0n) is 11.1. The lowest BCUT2D eigenvalue weighted by atomic mass is 10.3. The Hall–Kier alpha value is -1.82. The summed E-state index contributed by atoms with van der Waals surface area (Å²) in [4.78, 5) is 36.4. The normalized spacial score (nSPS) is 18.4. The van der Waals surface area contributed by atoms with E-state index in [0.29, 0.717) is 11.4 Å². The van der Waals surface area contributed by atoms with Gasteiger partial charge in [-0.05, 0) is 12.1 Å². The Bertz CT molecular complexity index is 517. The van der Waals surface area contributed by atoms with Crippen molar-refractivity contribution in [2.24, 2.45) is 0 Å². The van der Waals surface area contributed by atoms with Crippen molar-refractivity contribution in [2.45, 2.75) is 18.1 Å². The highest BCUT2D eigenvalue weighted by Gasteiger charge is 2.39. The van der Waals surface area contributed by atoms with Gasteiger partial charge in [0, 0.05) is 12.2 Å². The quantitative estimate of drug-likeness (QED) is 0.609. The van der Waals surface area contributed by atoms with Crippen LogP contribution in [0.1, 0.15) is 12.8 Å². The molecule has 2 rings (SSSR count). The van der Waals surface area contributed by atoms with Crippen LogP contribution in [-0.2, 0) is 19.1 Å². The molecule has 106 valence electrons. The van der Waals surface area contributed by atoms with Crippen LogP contribution in [0.4, 0.5) is 5.69 Å². The van der Waals surface area contributed by atoms with Gasteiger partial charge in [0.1, 0.15) is 0 Å². The summed E-state index contributed by atoms with van der Waals surface area (Å²) in [5, 5.41) is -0.410. The Balaban J connectivity index is 1.97. The van der Waals surface area contributed by atoms with E-state index in [-0.39, 0.29) is 30.6 Å². The fourth-order valence-corrected chi connectivity index (χ4v) is 3.05. The molecule has 1 saturated heterocycles. The summed E-state index contributed by atoms with van der Waals surface area (Å²) in [6.45, 7) is 0. The third kappa shape index (κ3) is 3.19. The molecule has 1 aromatic carbocycles. The summed E-state index contributed by atoms with van der Waals surface area (Å²) in [5.41, 5.74) is 0.596. The Labute approximate surface area is 121 Å². The molecule has 1 atom stereocenters. The molecule has 1 aromatic rings. The molecular weight excluding hydrogens is 278 g/mol. The number of ether oxygens (including phenoxy) is 1. The van der Waals surface area contributed by atoms with E-state index in [4.69, 9.17) is 0 Å². The molecule has 20 heavy (non-hydrogen) atoms. The van der Waals surface area contributed by atoms with Crippen LogP contribution in [0.15, 0.2) is 30.3 Å². The van der Waals surface area contributed by atoms with E-state index in [0.717, 1.165) is 0 Å². The van der Waals surface area contributed by atoms with Crippen molar-refractivity contribution >= 4 is 35.2 Å². The first kappa shape index (κ1) is 14.6. The number of rotatable bonds is 5. The largest absolute Gasteiger partial charge is 0.469 e. The predicted molar refractivity (Wildman–Crippen MR) is 76.4 cm³/mol. The Morgan fingerprint density at radius 2 is 2.05 bits per heavy atom. The number of hydrogen-bond acceptors (Lipinski definition) is 5. The summed E-state index contributed by atoms with van der Waals surface area (Å²) in [5.74, 6) is -0.249. The molecule has 0 saturated carbocycles. The van der Waals surface area contributed by atoms with Gasteiger partial charge in [0.25, 0.3) is 0 Å². The molecule has 0 aliphatic carbocycles. The van der Waals surface area contributed by atoms with E-state index in [1.807, 2.05) is 6.07 Å². The third-order valence-corrected chi connectivity index (χ3v) is 4.18. The van der Waals surface area contributed by atoms with Gasteiger partial charge in [-0.3, -0.25) is 14.4 Å². The van der Waals surface area contributed by atoms with Gasteiger partial charge in [-0.1, -0.05) is 18.2 Å². The number of para-hydroxylation sites is 1. The summed E-state index contributed by atoms with van der Waals surface area (Å²) in [6.07, 6.45) is 0.421. The fraction of sp³-hybridized carbons (Fsp3) is 0.357. The monoisotopic (exact) mass is 293 g/mol. The van der Waals surface area contributed by atoms with Crippen LogP contribution < -0.4 is 4.90 Å². The van der Waals surface area contributed by atoms with Crippen LogP contribution in [0.25, 0.3) is 0 Å². The number of thioether (sulfide) groups is 1. The van der Waals surface area contributed by atoms with Crippen molar-refractivity contribution in [3.05, 3.63) is 30.3 Å². The number of carbonyl (C=O) groups excluding carboxylic acids is 3. The fourth-order valence-electron chi connectivity index (χ4n) is 1.97. The summed E-state index contributed by atoms with van der Waals surface area (Å²) in [6, 6.07) is 8.87. The van der Waals surface area contributed by atoms with E-state index < -0.39 is 5.25 Å². The van der Waals surface area contributed by atoms with Gasteiger partial charge in [0.05, 0.1) is 24.5 Å². The lowest BCUT2D eigenvalue weighted by Crippen LogP contribution is -2.31. The summed E-state index contributed by atoms with van der Waals surface area (Å²) < 4.78 is 4.54. The highest BCUT2D eigenvalue weighted by molar-refractivity contribution is 8.00. The third-order valence-electron chi connectivity index (χ3n) is 2.97. The minimum absolute atomic E-state index is 0.180. The lowest BCUT2D eigenvalue weighted by Gasteiger charge is -2.14. The van der Waals surface area contributed by atoms with Crippen molar-refractivity contribution in [3.8, 4) is 0 Å². The number of imide groups is 1. The molecule has 1 heterocycles. The van der Waals surface area contributed by atoms with Crippen molar-refractivity contribution in [3.63, 3.8) is 0 Å². The van der Waals surface area contributed by atoms with Crippen molar-refractivity contribution in [1.82, 2.24) is 0 Å². The molecule has 0 aromatic heterocycles. The van der Waals surface area contributed by atoms with Gasteiger partial charge in [-0.2, -0.15) is 0 Å². The molecule has 5 nitrogen and oxygen atoms in total. The maximum absolute atomic E-state index is 12.2. The van der Waals surface area contributed by atoms with Gasteiger partial charge in [-0.25, -0.2) is 4.90 Å². The van der Waals surface area contributed by atoms with E-state index in [2.05, 4.69) is 4.74 Å². The first-order valence-corrected chi connectivity index (χ1v) is 7.28. The number of methoxy groups -OCH3 is 1. The number of hydrogen-bond donors (Lipinski definition) is 0. The topological polar surface area (TPSA) is 63.7 Å². The van der Waals surface area contributed by atoms with E-state index in [1.165, 1.54) is 23.8 Å². The molecule has 0 spiro atoms. The molecule has 1 unspecified atom stereocenters. The number of benzene rings is 1. The van der Waals surface area contributed by atoms with E-state index in [9.17, 15) is 14.4 Å². The average molecular weight is 293 g/mol. The van der Waals surface area contributed by atoms with Crippen LogP contribution >= 0.6 is 11.8 Å². The second kappa shape index (κ2) is 6.56. The molecule has 1 fully saturated rings. The minimum Gasteiger partial charge on any atom is -0.469 e. The Morgan fingerprint density at radius 1 is 1.35 bits per heavy atom. The second-order valence-corrected chi connectivity index (χ2v) is 5.60. The maximum atomic E-state index is 12.2. The smallest absolute Gasteiger partial charge is 0.306 e. The first-order valence-electron chi connectivity index (χ1n) is 6.23. The zero-order valence-corrected chi connectivity index (χ0v) is 11.9. The molecule has 0 bridgehead atoms. The summed E-state index contributed by atoms with van der Waals surface area (Å²) >= 11 is 1.33. The van der Waals surface area contributed by atoms with Crippen LogP contribution in [0, 0.1) is 0 Å². The minimum atomic E-state index is -0.410.